The van der Waals surface area contributed by atoms with Gasteiger partial charge in [-0.3, -0.25) is 9.36 Å². The molecule has 1 aliphatic heterocycles. The van der Waals surface area contributed by atoms with Crippen molar-refractivity contribution in [1.82, 2.24) is 4.57 Å². The topological polar surface area (TPSA) is 43.6 Å². The molecule has 3 heterocycles. The number of hydrogen-bond donors (Lipinski definition) is 0. The number of fused-ring (bicyclic) bond motifs is 3. The molecule has 7 heteroatoms. The van der Waals surface area contributed by atoms with Crippen LogP contribution < -0.4 is 19.6 Å². The third-order valence-corrected chi connectivity index (χ3v) is 8.77. The van der Waals surface area contributed by atoms with Crippen LogP contribution in [0.4, 0.5) is 0 Å². The molecule has 0 amide bonds. The number of aromatic nitrogens is 1. The van der Waals surface area contributed by atoms with E-state index in [4.69, 9.17) is 9.73 Å². The largest absolute Gasteiger partial charge is 0.493 e. The van der Waals surface area contributed by atoms with E-state index in [9.17, 15) is 4.79 Å². The highest BCUT2D eigenvalue weighted by Crippen LogP contribution is 2.42. The van der Waals surface area contributed by atoms with E-state index >= 15 is 0 Å². The molecule has 4 aromatic rings. The van der Waals surface area contributed by atoms with E-state index in [1.165, 1.54) is 32.9 Å². The lowest BCUT2D eigenvalue weighted by Crippen LogP contribution is -2.38. The van der Waals surface area contributed by atoms with Crippen LogP contribution in [0.2, 0.25) is 0 Å². The fourth-order valence-electron chi connectivity index (χ4n) is 4.75. The van der Waals surface area contributed by atoms with Crippen molar-refractivity contribution in [1.29, 1.82) is 0 Å². The number of ether oxygens (including phenoxy) is 1. The molecule has 0 N–H and O–H groups in total. The number of halogens is 1. The van der Waals surface area contributed by atoms with E-state index in [0.717, 1.165) is 39.1 Å². The lowest BCUT2D eigenvalue weighted by Gasteiger charge is -2.30. The fraction of sp³-hybridized carbons (Fsp3) is 0.185. The van der Waals surface area contributed by atoms with Gasteiger partial charge in [-0.15, -0.1) is 11.3 Å². The Bertz CT molecular complexity index is 1610. The highest BCUT2D eigenvalue weighted by molar-refractivity contribution is 9.10. The monoisotopic (exact) mass is 548 g/mol. The number of rotatable bonds is 4. The molecule has 1 atom stereocenters. The van der Waals surface area contributed by atoms with Gasteiger partial charge in [0.15, 0.2) is 4.80 Å². The van der Waals surface area contributed by atoms with Gasteiger partial charge in [0, 0.05) is 10.4 Å². The summed E-state index contributed by atoms with van der Waals surface area (Å²) in [6.45, 7) is 2.57. The SMILES string of the molecule is CCOc1ccc(/C=c2/sc3n(c2=O)[C@H](c2cccs2)C2=C(N=3)c3ccccc3CC2)cc1Br. The average Bonchev–Trinajstić information content (AvgIpc) is 3.48. The van der Waals surface area contributed by atoms with Crippen molar-refractivity contribution in [2.24, 2.45) is 4.99 Å². The number of aryl methyl sites for hydroxylation is 1. The van der Waals surface area contributed by atoms with Gasteiger partial charge in [0.25, 0.3) is 5.56 Å². The number of nitrogens with zero attached hydrogens (tertiary/aromatic N) is 2. The Kier molecular flexibility index (Phi) is 5.63. The van der Waals surface area contributed by atoms with Gasteiger partial charge in [0.1, 0.15) is 5.75 Å². The summed E-state index contributed by atoms with van der Waals surface area (Å²) in [6, 6.07) is 18.5. The second kappa shape index (κ2) is 8.80. The summed E-state index contributed by atoms with van der Waals surface area (Å²) in [5.74, 6) is 0.796. The number of thiazole rings is 1. The van der Waals surface area contributed by atoms with Crippen molar-refractivity contribution in [3.05, 3.63) is 111 Å². The third kappa shape index (κ3) is 3.63. The van der Waals surface area contributed by atoms with E-state index in [1.54, 1.807) is 11.3 Å². The predicted octanol–water partition coefficient (Wildman–Crippen LogP) is 5.54. The Morgan fingerprint density at radius 1 is 1.18 bits per heavy atom. The maximum atomic E-state index is 13.7. The molecule has 170 valence electrons. The first-order valence-electron chi connectivity index (χ1n) is 11.2. The van der Waals surface area contributed by atoms with Crippen LogP contribution in [-0.4, -0.2) is 11.2 Å². The second-order valence-corrected chi connectivity index (χ2v) is 11.1. The summed E-state index contributed by atoms with van der Waals surface area (Å²) >= 11 is 6.74. The normalized spacial score (nSPS) is 17.1. The maximum Gasteiger partial charge on any atom is 0.271 e. The van der Waals surface area contributed by atoms with Crippen LogP contribution in [0.5, 0.6) is 5.75 Å². The van der Waals surface area contributed by atoms with Crippen LogP contribution in [0.15, 0.2) is 79.8 Å². The standard InChI is InChI=1S/C27H21BrN2O2S2/c1-2-32-21-12-9-16(14-20(21)28)15-23-26(31)30-25(22-8-5-13-33-22)19-11-10-17-6-3-4-7-18(17)24(19)29-27(30)34-23/h3-9,12-15,25H,2,10-11H2,1H3/b23-15+/t25-/m0/s1. The minimum Gasteiger partial charge on any atom is -0.493 e. The Morgan fingerprint density at radius 2 is 2.06 bits per heavy atom. The first-order valence-corrected chi connectivity index (χ1v) is 13.7. The van der Waals surface area contributed by atoms with Gasteiger partial charge in [-0.25, -0.2) is 4.99 Å². The zero-order chi connectivity index (χ0) is 23.2. The molecule has 0 bridgehead atoms. The highest BCUT2D eigenvalue weighted by atomic mass is 79.9. The molecular formula is C27H21BrN2O2S2. The molecule has 1 aliphatic carbocycles. The minimum absolute atomic E-state index is 0.0116. The molecule has 34 heavy (non-hydrogen) atoms. The highest BCUT2D eigenvalue weighted by Gasteiger charge is 2.32. The molecular weight excluding hydrogens is 528 g/mol. The van der Waals surface area contributed by atoms with Gasteiger partial charge in [0.2, 0.25) is 0 Å². The molecule has 6 rings (SSSR count). The van der Waals surface area contributed by atoms with Crippen LogP contribution >= 0.6 is 38.6 Å². The summed E-state index contributed by atoms with van der Waals surface area (Å²) in [7, 11) is 0. The molecule has 2 aromatic heterocycles. The van der Waals surface area contributed by atoms with Crippen molar-refractivity contribution in [2.75, 3.05) is 6.61 Å². The van der Waals surface area contributed by atoms with E-state index in [1.807, 2.05) is 35.8 Å². The van der Waals surface area contributed by atoms with Gasteiger partial charge >= 0.3 is 0 Å². The van der Waals surface area contributed by atoms with Crippen LogP contribution in [0.25, 0.3) is 11.8 Å². The lowest BCUT2D eigenvalue weighted by atomic mass is 9.85. The summed E-state index contributed by atoms with van der Waals surface area (Å²) in [5, 5.41) is 2.08. The summed E-state index contributed by atoms with van der Waals surface area (Å²) < 4.78 is 9.09. The van der Waals surface area contributed by atoms with Crippen LogP contribution in [0, 0.1) is 0 Å². The van der Waals surface area contributed by atoms with Gasteiger partial charge in [-0.1, -0.05) is 47.7 Å². The molecule has 4 nitrogen and oxygen atoms in total. The van der Waals surface area contributed by atoms with E-state index < -0.39 is 0 Å². The van der Waals surface area contributed by atoms with Gasteiger partial charge < -0.3 is 4.74 Å². The zero-order valence-corrected chi connectivity index (χ0v) is 21.7. The number of benzene rings is 2. The van der Waals surface area contributed by atoms with Gasteiger partial charge in [-0.05, 0) is 82.1 Å². The molecule has 0 radical (unpaired) electrons. The molecule has 0 fully saturated rings. The second-order valence-electron chi connectivity index (χ2n) is 8.25. The maximum absolute atomic E-state index is 13.7. The van der Waals surface area contributed by atoms with E-state index in [-0.39, 0.29) is 11.6 Å². The van der Waals surface area contributed by atoms with Crippen molar-refractivity contribution >= 4 is 50.4 Å². The van der Waals surface area contributed by atoms with Crippen molar-refractivity contribution in [2.45, 2.75) is 25.8 Å². The number of allylic oxidation sites excluding steroid dienone is 1. The Balaban J connectivity index is 1.55. The summed E-state index contributed by atoms with van der Waals surface area (Å²) in [6.07, 6.45) is 3.83. The first-order chi connectivity index (χ1) is 16.6. The van der Waals surface area contributed by atoms with Gasteiger partial charge in [-0.2, -0.15) is 0 Å². The van der Waals surface area contributed by atoms with Crippen LogP contribution in [-0.2, 0) is 6.42 Å². The van der Waals surface area contributed by atoms with Crippen LogP contribution in [0.3, 0.4) is 0 Å². The smallest absolute Gasteiger partial charge is 0.271 e. The quantitative estimate of drug-likeness (QED) is 0.336. The van der Waals surface area contributed by atoms with Gasteiger partial charge in [0.05, 0.1) is 27.4 Å². The van der Waals surface area contributed by atoms with Crippen molar-refractivity contribution < 1.29 is 4.74 Å². The Labute approximate surface area is 213 Å². The molecule has 2 aliphatic rings. The molecule has 0 unspecified atom stereocenters. The Hall–Kier alpha value is -2.74. The van der Waals surface area contributed by atoms with E-state index in [2.05, 4.69) is 57.7 Å². The van der Waals surface area contributed by atoms with Crippen LogP contribution in [0.1, 0.15) is 41.0 Å². The van der Waals surface area contributed by atoms with E-state index in [0.29, 0.717) is 11.1 Å². The summed E-state index contributed by atoms with van der Waals surface area (Å²) in [5.41, 5.74) is 5.76. The predicted molar refractivity (Wildman–Crippen MR) is 142 cm³/mol. The minimum atomic E-state index is -0.103. The number of hydrogen-bond acceptors (Lipinski definition) is 5. The fourth-order valence-corrected chi connectivity index (χ4v) is 7.11. The first kappa shape index (κ1) is 21.8. The average molecular weight is 550 g/mol. The molecule has 0 saturated heterocycles. The molecule has 2 aromatic carbocycles. The number of thiophene rings is 1. The molecule has 0 saturated carbocycles. The lowest BCUT2D eigenvalue weighted by molar-refractivity contribution is 0.338. The third-order valence-electron chi connectivity index (χ3n) is 6.24. The molecule has 0 spiro atoms. The summed E-state index contributed by atoms with van der Waals surface area (Å²) in [4.78, 5) is 20.7. The Morgan fingerprint density at radius 3 is 2.85 bits per heavy atom. The van der Waals surface area contributed by atoms with Crippen molar-refractivity contribution in [3.63, 3.8) is 0 Å². The van der Waals surface area contributed by atoms with Crippen molar-refractivity contribution in [3.8, 4) is 5.75 Å². The zero-order valence-electron chi connectivity index (χ0n) is 18.5.